The van der Waals surface area contributed by atoms with Gasteiger partial charge in [0.05, 0.1) is 12.3 Å². The predicted molar refractivity (Wildman–Crippen MR) is 61.0 cm³/mol. The van der Waals surface area contributed by atoms with Crippen molar-refractivity contribution >= 4 is 5.97 Å². The molecule has 0 aromatic carbocycles. The minimum absolute atomic E-state index is 0.0704. The highest BCUT2D eigenvalue weighted by atomic mass is 19.4. The summed E-state index contributed by atoms with van der Waals surface area (Å²) in [5, 5.41) is 8.95. The predicted octanol–water partition coefficient (Wildman–Crippen LogP) is 2.94. The van der Waals surface area contributed by atoms with Gasteiger partial charge in [-0.05, 0) is 38.5 Å². The van der Waals surface area contributed by atoms with E-state index >= 15 is 0 Å². The maximum absolute atomic E-state index is 12.8. The zero-order valence-electron chi connectivity index (χ0n) is 10.7. The van der Waals surface area contributed by atoms with Crippen LogP contribution in [0.15, 0.2) is 0 Å². The van der Waals surface area contributed by atoms with E-state index in [1.807, 2.05) is 0 Å². The Bertz CT molecular complexity index is 322. The highest BCUT2D eigenvalue weighted by Gasteiger charge is 2.53. The van der Waals surface area contributed by atoms with E-state index in [0.717, 1.165) is 0 Å². The summed E-state index contributed by atoms with van der Waals surface area (Å²) in [6, 6.07) is 0. The van der Waals surface area contributed by atoms with Gasteiger partial charge in [-0.25, -0.2) is 0 Å². The van der Waals surface area contributed by atoms with Crippen LogP contribution in [0.3, 0.4) is 0 Å². The Morgan fingerprint density at radius 2 is 2.00 bits per heavy atom. The molecule has 0 aromatic rings. The third-order valence-electron chi connectivity index (χ3n) is 4.16. The number of nitrogens with two attached hydrogens (primary N) is 1. The molecule has 3 nitrogen and oxygen atoms in total. The van der Waals surface area contributed by atoms with Crippen molar-refractivity contribution in [2.24, 2.45) is 17.1 Å². The molecular formula is C12H20F3NO2. The Labute approximate surface area is 105 Å². The van der Waals surface area contributed by atoms with Crippen LogP contribution in [-0.2, 0) is 4.79 Å². The van der Waals surface area contributed by atoms with Crippen LogP contribution in [0.2, 0.25) is 0 Å². The summed E-state index contributed by atoms with van der Waals surface area (Å²) in [7, 11) is 0. The highest BCUT2D eigenvalue weighted by Crippen LogP contribution is 2.52. The number of rotatable bonds is 3. The van der Waals surface area contributed by atoms with Crippen LogP contribution in [-0.4, -0.2) is 22.8 Å². The molecule has 1 rings (SSSR count). The van der Waals surface area contributed by atoms with Crippen LogP contribution in [0, 0.1) is 11.3 Å². The van der Waals surface area contributed by atoms with E-state index in [0.29, 0.717) is 12.8 Å². The van der Waals surface area contributed by atoms with Crippen LogP contribution in [0.1, 0.15) is 46.0 Å². The van der Waals surface area contributed by atoms with Gasteiger partial charge >= 0.3 is 12.1 Å². The number of carbonyl (C=O) groups is 1. The number of halogens is 3. The van der Waals surface area contributed by atoms with Crippen LogP contribution < -0.4 is 5.73 Å². The van der Waals surface area contributed by atoms with Crippen LogP contribution in [0.4, 0.5) is 13.2 Å². The molecule has 0 bridgehead atoms. The van der Waals surface area contributed by atoms with Crippen molar-refractivity contribution in [3.63, 3.8) is 0 Å². The fourth-order valence-corrected chi connectivity index (χ4v) is 2.91. The van der Waals surface area contributed by atoms with E-state index in [-0.39, 0.29) is 19.3 Å². The summed E-state index contributed by atoms with van der Waals surface area (Å²) < 4.78 is 38.5. The molecule has 0 aromatic heterocycles. The molecule has 0 saturated heterocycles. The summed E-state index contributed by atoms with van der Waals surface area (Å²) in [4.78, 5) is 10.9. The lowest BCUT2D eigenvalue weighted by atomic mass is 9.59. The average Bonchev–Trinajstić information content (AvgIpc) is 2.13. The van der Waals surface area contributed by atoms with Crippen molar-refractivity contribution in [3.8, 4) is 0 Å². The second-order valence-corrected chi connectivity index (χ2v) is 5.91. The van der Waals surface area contributed by atoms with E-state index < -0.39 is 29.0 Å². The van der Waals surface area contributed by atoms with Crippen LogP contribution in [0.5, 0.6) is 0 Å². The quantitative estimate of drug-likeness (QED) is 0.826. The Kier molecular flexibility index (Phi) is 4.00. The number of hydrogen-bond donors (Lipinski definition) is 2. The van der Waals surface area contributed by atoms with Gasteiger partial charge in [0.15, 0.2) is 0 Å². The monoisotopic (exact) mass is 267 g/mol. The van der Waals surface area contributed by atoms with E-state index in [9.17, 15) is 18.0 Å². The maximum atomic E-state index is 12.8. The van der Waals surface area contributed by atoms with Gasteiger partial charge in [-0.3, -0.25) is 4.79 Å². The summed E-state index contributed by atoms with van der Waals surface area (Å²) in [6.45, 7) is 3.24. The van der Waals surface area contributed by atoms with Crippen molar-refractivity contribution in [2.75, 3.05) is 0 Å². The molecule has 18 heavy (non-hydrogen) atoms. The third kappa shape index (κ3) is 3.16. The molecule has 6 heteroatoms. The molecule has 1 fully saturated rings. The Hall–Kier alpha value is -0.780. The van der Waals surface area contributed by atoms with Gasteiger partial charge in [-0.1, -0.05) is 6.42 Å². The molecule has 1 aliphatic carbocycles. The number of alkyl halides is 3. The number of carboxylic acids is 1. The summed E-state index contributed by atoms with van der Waals surface area (Å²) >= 11 is 0. The SMILES string of the molecule is CC(C)(N)C1(CC(=O)O)CCCC(C(F)(F)F)C1. The van der Waals surface area contributed by atoms with Crippen LogP contribution in [0.25, 0.3) is 0 Å². The molecule has 3 N–H and O–H groups in total. The third-order valence-corrected chi connectivity index (χ3v) is 4.16. The first-order valence-electron chi connectivity index (χ1n) is 6.05. The number of aliphatic carboxylic acids is 1. The lowest BCUT2D eigenvalue weighted by Gasteiger charge is -2.49. The molecule has 0 aliphatic heterocycles. The van der Waals surface area contributed by atoms with Crippen molar-refractivity contribution in [1.82, 2.24) is 0 Å². The van der Waals surface area contributed by atoms with Gasteiger partial charge in [-0.15, -0.1) is 0 Å². The largest absolute Gasteiger partial charge is 0.481 e. The highest BCUT2D eigenvalue weighted by molar-refractivity contribution is 5.68. The second kappa shape index (κ2) is 4.72. The van der Waals surface area contributed by atoms with Gasteiger partial charge in [0.25, 0.3) is 0 Å². The fourth-order valence-electron chi connectivity index (χ4n) is 2.91. The van der Waals surface area contributed by atoms with E-state index in [1.165, 1.54) is 0 Å². The molecule has 1 saturated carbocycles. The van der Waals surface area contributed by atoms with Gasteiger partial charge in [-0.2, -0.15) is 13.2 Å². The molecule has 106 valence electrons. The molecule has 1 aliphatic rings. The summed E-state index contributed by atoms with van der Waals surface area (Å²) in [5.74, 6) is -2.52. The van der Waals surface area contributed by atoms with Gasteiger partial charge in [0, 0.05) is 5.54 Å². The first-order valence-corrected chi connectivity index (χ1v) is 6.05. The molecular weight excluding hydrogens is 247 g/mol. The minimum atomic E-state index is -4.27. The zero-order chi connectivity index (χ0) is 14.2. The lowest BCUT2D eigenvalue weighted by molar-refractivity contribution is -0.198. The molecule has 0 heterocycles. The smallest absolute Gasteiger partial charge is 0.391 e. The molecule has 0 amide bonds. The van der Waals surface area contributed by atoms with Crippen molar-refractivity contribution in [2.45, 2.75) is 57.7 Å². The molecule has 2 unspecified atom stereocenters. The lowest BCUT2D eigenvalue weighted by Crippen LogP contribution is -2.55. The standard InChI is InChI=1S/C12H20F3NO2/c1-10(2,16)11(7-9(17)18)5-3-4-8(6-11)12(13,14)15/h8H,3-7,16H2,1-2H3,(H,17,18). The second-order valence-electron chi connectivity index (χ2n) is 5.91. The summed E-state index contributed by atoms with van der Waals surface area (Å²) in [5.41, 5.74) is 4.06. The van der Waals surface area contributed by atoms with Crippen molar-refractivity contribution in [3.05, 3.63) is 0 Å². The first-order chi connectivity index (χ1) is 7.98. The minimum Gasteiger partial charge on any atom is -0.481 e. The zero-order valence-corrected chi connectivity index (χ0v) is 10.7. The number of carboxylic acid groups (broad SMARTS) is 1. The van der Waals surface area contributed by atoms with Crippen LogP contribution >= 0.6 is 0 Å². The van der Waals surface area contributed by atoms with E-state index in [1.54, 1.807) is 13.8 Å². The number of hydrogen-bond acceptors (Lipinski definition) is 2. The Balaban J connectivity index is 3.01. The van der Waals surface area contributed by atoms with Crippen molar-refractivity contribution in [1.29, 1.82) is 0 Å². The van der Waals surface area contributed by atoms with E-state index in [2.05, 4.69) is 0 Å². The average molecular weight is 267 g/mol. The maximum Gasteiger partial charge on any atom is 0.391 e. The van der Waals surface area contributed by atoms with Gasteiger partial charge < -0.3 is 10.8 Å². The Morgan fingerprint density at radius 1 is 1.44 bits per heavy atom. The fraction of sp³-hybridized carbons (Fsp3) is 0.917. The summed E-state index contributed by atoms with van der Waals surface area (Å²) in [6.07, 6.45) is -3.88. The van der Waals surface area contributed by atoms with Crippen molar-refractivity contribution < 1.29 is 23.1 Å². The molecule has 0 radical (unpaired) electrons. The normalized spacial score (nSPS) is 30.2. The Morgan fingerprint density at radius 3 is 2.39 bits per heavy atom. The molecule has 2 atom stereocenters. The topological polar surface area (TPSA) is 63.3 Å². The van der Waals surface area contributed by atoms with E-state index in [4.69, 9.17) is 10.8 Å². The molecule has 0 spiro atoms. The van der Waals surface area contributed by atoms with Gasteiger partial charge in [0.2, 0.25) is 0 Å². The van der Waals surface area contributed by atoms with Gasteiger partial charge in [0.1, 0.15) is 0 Å². The first kappa shape index (κ1) is 15.3.